The molecule has 2 amide bonds. The van der Waals surface area contributed by atoms with Crippen LogP contribution >= 0.6 is 0 Å². The maximum absolute atomic E-state index is 12.4. The topological polar surface area (TPSA) is 49.4 Å². The molecule has 1 fully saturated rings. The number of nitrogens with one attached hydrogen (secondary N) is 1. The van der Waals surface area contributed by atoms with Crippen molar-refractivity contribution in [3.05, 3.63) is 29.8 Å². The van der Waals surface area contributed by atoms with Gasteiger partial charge in [-0.3, -0.25) is 9.59 Å². The van der Waals surface area contributed by atoms with Crippen LogP contribution in [0.3, 0.4) is 0 Å². The van der Waals surface area contributed by atoms with Gasteiger partial charge in [0.25, 0.3) is 0 Å². The zero-order chi connectivity index (χ0) is 15.6. The largest absolute Gasteiger partial charge is 0.337 e. The van der Waals surface area contributed by atoms with E-state index in [1.807, 2.05) is 45.0 Å². The average Bonchev–Trinajstić information content (AvgIpc) is 2.81. The lowest BCUT2D eigenvalue weighted by atomic mass is 10.1. The van der Waals surface area contributed by atoms with E-state index in [4.69, 9.17) is 0 Å². The zero-order valence-electron chi connectivity index (χ0n) is 13.3. The molecule has 1 atom stereocenters. The second-order valence-electron chi connectivity index (χ2n) is 6.58. The van der Waals surface area contributed by atoms with Crippen LogP contribution in [0.2, 0.25) is 0 Å². The van der Waals surface area contributed by atoms with Crippen molar-refractivity contribution in [2.45, 2.75) is 46.1 Å². The third kappa shape index (κ3) is 3.43. The average molecular weight is 288 g/mol. The Morgan fingerprint density at radius 1 is 1.33 bits per heavy atom. The third-order valence-electron chi connectivity index (χ3n) is 3.96. The van der Waals surface area contributed by atoms with Crippen molar-refractivity contribution < 1.29 is 9.59 Å². The maximum Gasteiger partial charge on any atom is 0.229 e. The second kappa shape index (κ2) is 5.88. The predicted octanol–water partition coefficient (Wildman–Crippen LogP) is 2.83. The van der Waals surface area contributed by atoms with Crippen LogP contribution in [0.1, 0.15) is 39.7 Å². The highest BCUT2D eigenvalue weighted by atomic mass is 16.2. The first-order valence-electron chi connectivity index (χ1n) is 7.52. The van der Waals surface area contributed by atoms with Gasteiger partial charge in [0.2, 0.25) is 11.8 Å². The number of likely N-dealkylation sites (tertiary alicyclic amines) is 1. The van der Waals surface area contributed by atoms with Crippen LogP contribution in [0.5, 0.6) is 0 Å². The highest BCUT2D eigenvalue weighted by Crippen LogP contribution is 2.27. The van der Waals surface area contributed by atoms with Crippen LogP contribution in [0.4, 0.5) is 5.69 Å². The van der Waals surface area contributed by atoms with Gasteiger partial charge in [0.1, 0.15) is 0 Å². The molecule has 1 heterocycles. The second-order valence-corrected chi connectivity index (χ2v) is 6.58. The van der Waals surface area contributed by atoms with Crippen LogP contribution in [0.25, 0.3) is 0 Å². The van der Waals surface area contributed by atoms with E-state index in [1.54, 1.807) is 4.90 Å². The van der Waals surface area contributed by atoms with Gasteiger partial charge in [-0.15, -0.1) is 0 Å². The van der Waals surface area contributed by atoms with E-state index in [2.05, 4.69) is 12.2 Å². The fourth-order valence-corrected chi connectivity index (χ4v) is 2.72. The lowest BCUT2D eigenvalue weighted by Crippen LogP contribution is -2.42. The number of rotatable bonds is 3. The molecule has 1 aliphatic heterocycles. The monoisotopic (exact) mass is 288 g/mol. The first kappa shape index (κ1) is 15.5. The molecular weight excluding hydrogens is 264 g/mol. The number of carbonyl (C=O) groups is 2. The van der Waals surface area contributed by atoms with Gasteiger partial charge in [0, 0.05) is 24.2 Å². The maximum atomic E-state index is 12.4. The molecule has 0 spiro atoms. The molecule has 0 unspecified atom stereocenters. The number of para-hydroxylation sites is 1. The number of hydrogen-bond donors (Lipinski definition) is 1. The highest BCUT2D eigenvalue weighted by Gasteiger charge is 2.39. The third-order valence-corrected chi connectivity index (χ3v) is 3.96. The Kier molecular flexibility index (Phi) is 4.35. The van der Waals surface area contributed by atoms with E-state index < -0.39 is 0 Å². The van der Waals surface area contributed by atoms with Crippen LogP contribution in [-0.4, -0.2) is 28.8 Å². The van der Waals surface area contributed by atoms with E-state index in [1.165, 1.54) is 0 Å². The zero-order valence-corrected chi connectivity index (χ0v) is 13.3. The molecule has 2 rings (SSSR count). The summed E-state index contributed by atoms with van der Waals surface area (Å²) in [6.07, 6.45) is 1.17. The van der Waals surface area contributed by atoms with Crippen molar-refractivity contribution in [2.24, 2.45) is 5.92 Å². The van der Waals surface area contributed by atoms with Crippen molar-refractivity contribution in [2.75, 3.05) is 11.9 Å². The van der Waals surface area contributed by atoms with Gasteiger partial charge in [-0.25, -0.2) is 0 Å². The van der Waals surface area contributed by atoms with Gasteiger partial charge in [-0.2, -0.15) is 0 Å². The highest BCUT2D eigenvalue weighted by molar-refractivity contribution is 5.97. The summed E-state index contributed by atoms with van der Waals surface area (Å²) >= 11 is 0. The van der Waals surface area contributed by atoms with Gasteiger partial charge in [0.15, 0.2) is 0 Å². The van der Waals surface area contributed by atoms with E-state index in [9.17, 15) is 9.59 Å². The van der Waals surface area contributed by atoms with Crippen LogP contribution in [0.15, 0.2) is 24.3 Å². The number of nitrogens with zero attached hydrogens (tertiary/aromatic N) is 1. The fraction of sp³-hybridized carbons (Fsp3) is 0.529. The van der Waals surface area contributed by atoms with Crippen LogP contribution in [-0.2, 0) is 16.0 Å². The lowest BCUT2D eigenvalue weighted by molar-refractivity contribution is -0.131. The van der Waals surface area contributed by atoms with Gasteiger partial charge in [-0.05, 0) is 38.8 Å². The Balaban J connectivity index is 2.07. The molecule has 0 saturated carbocycles. The Bertz CT molecular complexity index is 546. The smallest absolute Gasteiger partial charge is 0.229 e. The summed E-state index contributed by atoms with van der Waals surface area (Å²) in [6.45, 7) is 8.56. The summed E-state index contributed by atoms with van der Waals surface area (Å²) in [7, 11) is 0. The number of benzene rings is 1. The predicted molar refractivity (Wildman–Crippen MR) is 84.0 cm³/mol. The summed E-state index contributed by atoms with van der Waals surface area (Å²) < 4.78 is 0. The van der Waals surface area contributed by atoms with Crippen molar-refractivity contribution in [3.63, 3.8) is 0 Å². The number of anilines is 1. The van der Waals surface area contributed by atoms with Crippen LogP contribution in [0, 0.1) is 5.92 Å². The Labute approximate surface area is 126 Å². The normalized spacial score (nSPS) is 19.0. The summed E-state index contributed by atoms with van der Waals surface area (Å²) in [4.78, 5) is 26.3. The molecule has 4 nitrogen and oxygen atoms in total. The molecule has 1 N–H and O–H groups in total. The molecular formula is C17H24N2O2. The molecule has 0 aliphatic carbocycles. The van der Waals surface area contributed by atoms with Crippen LogP contribution < -0.4 is 5.32 Å². The van der Waals surface area contributed by atoms with Crippen molar-refractivity contribution in [1.82, 2.24) is 4.90 Å². The van der Waals surface area contributed by atoms with E-state index >= 15 is 0 Å². The first-order chi connectivity index (χ1) is 9.82. The van der Waals surface area contributed by atoms with Gasteiger partial charge in [-0.1, -0.05) is 25.1 Å². The quantitative estimate of drug-likeness (QED) is 0.929. The number of hydrogen-bond acceptors (Lipinski definition) is 2. The standard InChI is InChI=1S/C17H24N2O2/c1-5-12-8-6-7-9-14(12)18-16(21)13-10-15(20)19(11-13)17(2,3)4/h6-9,13H,5,10-11H2,1-4H3,(H,18,21)/t13-/m1/s1. The molecule has 1 aromatic carbocycles. The Morgan fingerprint density at radius 3 is 2.57 bits per heavy atom. The lowest BCUT2D eigenvalue weighted by Gasteiger charge is -2.31. The van der Waals surface area contributed by atoms with Gasteiger partial charge < -0.3 is 10.2 Å². The van der Waals surface area contributed by atoms with Gasteiger partial charge >= 0.3 is 0 Å². The minimum Gasteiger partial charge on any atom is -0.337 e. The minimum atomic E-state index is -0.262. The van der Waals surface area contributed by atoms with Crippen molar-refractivity contribution in [1.29, 1.82) is 0 Å². The summed E-state index contributed by atoms with van der Waals surface area (Å²) in [5, 5.41) is 2.98. The molecule has 0 bridgehead atoms. The minimum absolute atomic E-state index is 0.0593. The summed E-state index contributed by atoms with van der Waals surface area (Å²) in [5.74, 6) is -0.260. The van der Waals surface area contributed by atoms with E-state index in [0.29, 0.717) is 13.0 Å². The van der Waals surface area contributed by atoms with E-state index in [-0.39, 0.29) is 23.3 Å². The number of amides is 2. The molecule has 114 valence electrons. The molecule has 21 heavy (non-hydrogen) atoms. The molecule has 0 radical (unpaired) electrons. The molecule has 1 aliphatic rings. The summed E-state index contributed by atoms with van der Waals surface area (Å²) in [5.41, 5.74) is 1.74. The number of aryl methyl sites for hydroxylation is 1. The molecule has 1 aromatic rings. The van der Waals surface area contributed by atoms with Gasteiger partial charge in [0.05, 0.1) is 5.92 Å². The van der Waals surface area contributed by atoms with E-state index in [0.717, 1.165) is 17.7 Å². The fourth-order valence-electron chi connectivity index (χ4n) is 2.72. The molecule has 1 saturated heterocycles. The Morgan fingerprint density at radius 2 is 2.00 bits per heavy atom. The first-order valence-corrected chi connectivity index (χ1v) is 7.52. The SMILES string of the molecule is CCc1ccccc1NC(=O)[C@@H]1CC(=O)N(C(C)(C)C)C1. The number of carbonyl (C=O) groups excluding carboxylic acids is 2. The summed E-state index contributed by atoms with van der Waals surface area (Å²) in [6, 6.07) is 7.80. The Hall–Kier alpha value is -1.84. The van der Waals surface area contributed by atoms with Crippen molar-refractivity contribution in [3.8, 4) is 0 Å². The van der Waals surface area contributed by atoms with Crippen molar-refractivity contribution >= 4 is 17.5 Å². The molecule has 4 heteroatoms. The molecule has 0 aromatic heterocycles.